The summed E-state index contributed by atoms with van der Waals surface area (Å²) in [7, 11) is -0.187. The van der Waals surface area contributed by atoms with Gasteiger partial charge in [0.15, 0.2) is 6.29 Å². The molecule has 0 aromatic carbocycles. The van der Waals surface area contributed by atoms with Crippen molar-refractivity contribution in [2.24, 2.45) is 11.7 Å². The number of aliphatic hydroxyl groups is 2. The lowest BCUT2D eigenvalue weighted by Gasteiger charge is -2.40. The normalized spacial score (nSPS) is 37.4. The van der Waals surface area contributed by atoms with E-state index in [9.17, 15) is 19.2 Å². The first-order chi connectivity index (χ1) is 9.27. The fraction of sp³-hybridized carbons (Fsp3) is 0.909. The van der Waals surface area contributed by atoms with Gasteiger partial charge in [0.2, 0.25) is 0 Å². The van der Waals surface area contributed by atoms with Crippen molar-refractivity contribution in [1.82, 2.24) is 0 Å². The highest BCUT2D eigenvalue weighted by Crippen LogP contribution is 2.26. The quantitative estimate of drug-likeness (QED) is 0.436. The van der Waals surface area contributed by atoms with Gasteiger partial charge in [0.25, 0.3) is 0 Å². The first kappa shape index (κ1) is 17.5. The van der Waals surface area contributed by atoms with Crippen LogP contribution in [0.2, 0.25) is 0 Å². The van der Waals surface area contributed by atoms with Crippen LogP contribution in [0.1, 0.15) is 6.92 Å². The first-order valence-electron chi connectivity index (χ1n) is 6.15. The molecule has 8 nitrogen and oxygen atoms in total. The number of rotatable bonds is 6. The standard InChI is InChI=1S/C11H21NO7S/c1-5-7(4-20(17)3-6(12)10(15)16)19-11(18-2)9(14)8(5)13/h5-9,11,13-14H,3-4,12H2,1-2H3,(H,15,16). The number of nitrogens with two attached hydrogens (primary N) is 1. The second-order valence-corrected chi connectivity index (χ2v) is 6.38. The summed E-state index contributed by atoms with van der Waals surface area (Å²) in [6, 6.07) is -1.21. The van der Waals surface area contributed by atoms with Crippen molar-refractivity contribution < 1.29 is 33.8 Å². The Morgan fingerprint density at radius 2 is 2.05 bits per heavy atom. The highest BCUT2D eigenvalue weighted by atomic mass is 32.2. The zero-order valence-corrected chi connectivity index (χ0v) is 12.2. The number of aliphatic hydroxyl groups excluding tert-OH is 2. The average molecular weight is 311 g/mol. The van der Waals surface area contributed by atoms with Crippen LogP contribution in [0.4, 0.5) is 0 Å². The number of ether oxygens (including phenoxy) is 2. The molecule has 118 valence electrons. The Bertz CT molecular complexity index is 365. The molecular formula is C11H21NO7S. The number of hydrogen-bond acceptors (Lipinski definition) is 7. The van der Waals surface area contributed by atoms with Crippen molar-refractivity contribution in [2.75, 3.05) is 18.6 Å². The van der Waals surface area contributed by atoms with Crippen LogP contribution in [0, 0.1) is 5.92 Å². The summed E-state index contributed by atoms with van der Waals surface area (Å²) in [6.45, 7) is 1.65. The first-order valence-corrected chi connectivity index (χ1v) is 7.64. The SMILES string of the molecule is COC1OC(CS(=O)CC(N)C(=O)O)C(C)C(O)C1O. The third-order valence-electron chi connectivity index (χ3n) is 3.33. The summed E-state index contributed by atoms with van der Waals surface area (Å²) in [5.74, 6) is -1.85. The Kier molecular flexibility index (Phi) is 6.49. The Morgan fingerprint density at radius 1 is 1.45 bits per heavy atom. The molecule has 0 saturated carbocycles. The van der Waals surface area contributed by atoms with E-state index < -0.39 is 53.3 Å². The monoisotopic (exact) mass is 311 g/mol. The van der Waals surface area contributed by atoms with E-state index in [1.54, 1.807) is 6.92 Å². The molecule has 0 aromatic rings. The maximum Gasteiger partial charge on any atom is 0.321 e. The molecule has 1 aliphatic rings. The number of methoxy groups -OCH3 is 1. The van der Waals surface area contributed by atoms with Gasteiger partial charge in [-0.1, -0.05) is 6.92 Å². The van der Waals surface area contributed by atoms with Crippen molar-refractivity contribution in [2.45, 2.75) is 37.6 Å². The number of aliphatic carboxylic acids is 1. The number of carbonyl (C=O) groups is 1. The zero-order valence-electron chi connectivity index (χ0n) is 11.3. The van der Waals surface area contributed by atoms with Crippen LogP contribution in [-0.2, 0) is 25.1 Å². The molecule has 1 rings (SSSR count). The topological polar surface area (TPSA) is 139 Å². The summed E-state index contributed by atoms with van der Waals surface area (Å²) in [6.07, 6.45) is -3.86. The lowest BCUT2D eigenvalue weighted by Crippen LogP contribution is -2.55. The van der Waals surface area contributed by atoms with Gasteiger partial charge < -0.3 is 30.5 Å². The molecule has 20 heavy (non-hydrogen) atoms. The molecule has 0 aromatic heterocycles. The third kappa shape index (κ3) is 4.21. The molecule has 0 amide bonds. The molecule has 0 aliphatic carbocycles. The molecule has 0 spiro atoms. The Hall–Kier alpha value is -0.580. The molecule has 7 atom stereocenters. The van der Waals surface area contributed by atoms with Crippen molar-refractivity contribution in [3.63, 3.8) is 0 Å². The smallest absolute Gasteiger partial charge is 0.321 e. The van der Waals surface area contributed by atoms with Gasteiger partial charge in [-0.2, -0.15) is 0 Å². The highest BCUT2D eigenvalue weighted by Gasteiger charge is 2.42. The van der Waals surface area contributed by atoms with Crippen LogP contribution in [0.3, 0.4) is 0 Å². The molecule has 1 aliphatic heterocycles. The lowest BCUT2D eigenvalue weighted by atomic mass is 9.91. The molecule has 0 bridgehead atoms. The Labute approximate surface area is 119 Å². The molecule has 7 unspecified atom stereocenters. The minimum absolute atomic E-state index is 0.0196. The number of carboxylic acid groups (broad SMARTS) is 1. The van der Waals surface area contributed by atoms with Crippen LogP contribution in [0.25, 0.3) is 0 Å². The van der Waals surface area contributed by atoms with E-state index in [0.29, 0.717) is 0 Å². The maximum atomic E-state index is 11.9. The van der Waals surface area contributed by atoms with Crippen LogP contribution < -0.4 is 5.73 Å². The van der Waals surface area contributed by atoms with E-state index in [0.717, 1.165) is 0 Å². The van der Waals surface area contributed by atoms with Crippen LogP contribution >= 0.6 is 0 Å². The van der Waals surface area contributed by atoms with Gasteiger partial charge in [0.1, 0.15) is 12.1 Å². The van der Waals surface area contributed by atoms with Gasteiger partial charge in [-0.25, -0.2) is 0 Å². The van der Waals surface area contributed by atoms with Gasteiger partial charge in [0, 0.05) is 29.6 Å². The van der Waals surface area contributed by atoms with Crippen molar-refractivity contribution in [3.05, 3.63) is 0 Å². The van der Waals surface area contributed by atoms with Crippen LogP contribution in [0.15, 0.2) is 0 Å². The third-order valence-corrected chi connectivity index (χ3v) is 4.76. The predicted molar refractivity (Wildman–Crippen MR) is 70.3 cm³/mol. The minimum atomic E-state index is -1.51. The molecule has 0 radical (unpaired) electrons. The summed E-state index contributed by atoms with van der Waals surface area (Å²) in [5.41, 5.74) is 5.31. The van der Waals surface area contributed by atoms with E-state index in [1.807, 2.05) is 0 Å². The summed E-state index contributed by atoms with van der Waals surface area (Å²) in [5, 5.41) is 28.2. The fourth-order valence-corrected chi connectivity index (χ4v) is 3.41. The van der Waals surface area contributed by atoms with Crippen molar-refractivity contribution in [3.8, 4) is 0 Å². The lowest BCUT2D eigenvalue weighted by molar-refractivity contribution is -0.270. The predicted octanol–water partition coefficient (Wildman–Crippen LogP) is -2.12. The van der Waals surface area contributed by atoms with Gasteiger partial charge in [-0.15, -0.1) is 0 Å². The largest absolute Gasteiger partial charge is 0.480 e. The van der Waals surface area contributed by atoms with Crippen LogP contribution in [-0.4, -0.2) is 74.8 Å². The van der Waals surface area contributed by atoms with Crippen LogP contribution in [0.5, 0.6) is 0 Å². The zero-order chi connectivity index (χ0) is 15.4. The molecular weight excluding hydrogens is 290 g/mol. The van der Waals surface area contributed by atoms with Crippen molar-refractivity contribution in [1.29, 1.82) is 0 Å². The minimum Gasteiger partial charge on any atom is -0.480 e. The Balaban J connectivity index is 2.61. The van der Waals surface area contributed by atoms with E-state index in [1.165, 1.54) is 7.11 Å². The van der Waals surface area contributed by atoms with E-state index in [-0.39, 0.29) is 11.5 Å². The molecule has 1 heterocycles. The number of carboxylic acids is 1. The van der Waals surface area contributed by atoms with E-state index >= 15 is 0 Å². The number of hydrogen-bond donors (Lipinski definition) is 4. The van der Waals surface area contributed by atoms with Gasteiger partial charge in [-0.3, -0.25) is 9.00 Å². The molecule has 9 heteroatoms. The maximum absolute atomic E-state index is 11.9. The fourth-order valence-electron chi connectivity index (χ4n) is 1.98. The second kappa shape index (κ2) is 7.43. The van der Waals surface area contributed by atoms with Gasteiger partial charge in [0.05, 0.1) is 18.0 Å². The highest BCUT2D eigenvalue weighted by molar-refractivity contribution is 7.85. The molecule has 5 N–H and O–H groups in total. The Morgan fingerprint density at radius 3 is 2.55 bits per heavy atom. The molecule has 1 fully saturated rings. The van der Waals surface area contributed by atoms with E-state index in [4.69, 9.17) is 20.3 Å². The van der Waals surface area contributed by atoms with Crippen molar-refractivity contribution >= 4 is 16.8 Å². The second-order valence-electron chi connectivity index (χ2n) is 4.84. The average Bonchev–Trinajstić information content (AvgIpc) is 2.39. The van der Waals surface area contributed by atoms with Gasteiger partial charge in [-0.05, 0) is 0 Å². The summed E-state index contributed by atoms with van der Waals surface area (Å²) in [4.78, 5) is 10.6. The molecule has 1 saturated heterocycles. The van der Waals surface area contributed by atoms with E-state index in [2.05, 4.69) is 0 Å². The van der Waals surface area contributed by atoms with Gasteiger partial charge >= 0.3 is 5.97 Å². The summed E-state index contributed by atoms with van der Waals surface area (Å²) < 4.78 is 22.2. The summed E-state index contributed by atoms with van der Waals surface area (Å²) >= 11 is 0.